The van der Waals surface area contributed by atoms with Gasteiger partial charge in [-0.05, 0) is 58.8 Å². The van der Waals surface area contributed by atoms with Gasteiger partial charge in [-0.3, -0.25) is 0 Å². The van der Waals surface area contributed by atoms with E-state index in [9.17, 15) is 4.39 Å². The predicted octanol–water partition coefficient (Wildman–Crippen LogP) is 3.90. The third-order valence-electron chi connectivity index (χ3n) is 3.53. The molecule has 16 heavy (non-hydrogen) atoms. The quantitative estimate of drug-likeness (QED) is 0.873. The molecule has 0 unspecified atom stereocenters. The molecule has 0 aliphatic heterocycles. The standard InChI is InChI=1S/C13H19BrFN/c1-3-13(4-2,9-16)8-10-6-5-7-11(15)12(10)14/h5-7H,3-4,8-9,16H2,1-2H3. The van der Waals surface area contributed by atoms with E-state index in [4.69, 9.17) is 5.73 Å². The van der Waals surface area contributed by atoms with Crippen molar-refractivity contribution in [2.75, 3.05) is 6.54 Å². The molecule has 2 N–H and O–H groups in total. The van der Waals surface area contributed by atoms with Crippen LogP contribution in [0, 0.1) is 11.2 Å². The maximum Gasteiger partial charge on any atom is 0.137 e. The van der Waals surface area contributed by atoms with Crippen LogP contribution >= 0.6 is 15.9 Å². The normalized spacial score (nSPS) is 11.8. The van der Waals surface area contributed by atoms with Gasteiger partial charge in [0, 0.05) is 0 Å². The van der Waals surface area contributed by atoms with E-state index in [2.05, 4.69) is 29.8 Å². The van der Waals surface area contributed by atoms with Crippen LogP contribution in [0.4, 0.5) is 4.39 Å². The molecule has 0 spiro atoms. The molecule has 0 heterocycles. The lowest BCUT2D eigenvalue weighted by Crippen LogP contribution is -2.31. The van der Waals surface area contributed by atoms with E-state index >= 15 is 0 Å². The highest BCUT2D eigenvalue weighted by atomic mass is 79.9. The first-order chi connectivity index (χ1) is 7.58. The number of benzene rings is 1. The van der Waals surface area contributed by atoms with Crippen molar-refractivity contribution in [3.05, 3.63) is 34.1 Å². The molecule has 1 nitrogen and oxygen atoms in total. The molecule has 0 saturated carbocycles. The summed E-state index contributed by atoms with van der Waals surface area (Å²) in [4.78, 5) is 0. The lowest BCUT2D eigenvalue weighted by Gasteiger charge is -2.30. The Morgan fingerprint density at radius 1 is 1.31 bits per heavy atom. The van der Waals surface area contributed by atoms with Gasteiger partial charge in [-0.2, -0.15) is 0 Å². The second-order valence-corrected chi connectivity index (χ2v) is 5.09. The first kappa shape index (κ1) is 13.7. The molecule has 0 saturated heterocycles. The van der Waals surface area contributed by atoms with Gasteiger partial charge in [0.1, 0.15) is 5.82 Å². The summed E-state index contributed by atoms with van der Waals surface area (Å²) in [7, 11) is 0. The van der Waals surface area contributed by atoms with E-state index in [1.54, 1.807) is 6.07 Å². The Labute approximate surface area is 105 Å². The van der Waals surface area contributed by atoms with Crippen LogP contribution in [0.1, 0.15) is 32.3 Å². The van der Waals surface area contributed by atoms with Gasteiger partial charge in [0.15, 0.2) is 0 Å². The Bertz CT molecular complexity index is 340. The van der Waals surface area contributed by atoms with Gasteiger partial charge in [0.05, 0.1) is 4.47 Å². The van der Waals surface area contributed by atoms with E-state index < -0.39 is 0 Å². The summed E-state index contributed by atoms with van der Waals surface area (Å²) >= 11 is 3.30. The van der Waals surface area contributed by atoms with E-state index in [-0.39, 0.29) is 11.2 Å². The van der Waals surface area contributed by atoms with Gasteiger partial charge >= 0.3 is 0 Å². The summed E-state index contributed by atoms with van der Waals surface area (Å²) in [6.07, 6.45) is 2.86. The van der Waals surface area contributed by atoms with Gasteiger partial charge < -0.3 is 5.73 Å². The largest absolute Gasteiger partial charge is 0.330 e. The maximum atomic E-state index is 13.4. The highest BCUT2D eigenvalue weighted by molar-refractivity contribution is 9.10. The van der Waals surface area contributed by atoms with Crippen LogP contribution in [0.5, 0.6) is 0 Å². The fourth-order valence-electron chi connectivity index (χ4n) is 1.95. The van der Waals surface area contributed by atoms with Crippen molar-refractivity contribution in [1.29, 1.82) is 0 Å². The molecule has 0 aromatic heterocycles. The number of hydrogen-bond acceptors (Lipinski definition) is 1. The highest BCUT2D eigenvalue weighted by Crippen LogP contribution is 2.33. The van der Waals surface area contributed by atoms with Crippen LogP contribution < -0.4 is 5.73 Å². The molecule has 1 rings (SSSR count). The molecule has 0 aliphatic rings. The Morgan fingerprint density at radius 3 is 2.44 bits per heavy atom. The Morgan fingerprint density at radius 2 is 1.94 bits per heavy atom. The minimum absolute atomic E-state index is 0.0936. The molecule has 1 aromatic rings. The second kappa shape index (κ2) is 5.78. The first-order valence-electron chi connectivity index (χ1n) is 5.71. The number of halogens is 2. The van der Waals surface area contributed by atoms with Gasteiger partial charge in [0.25, 0.3) is 0 Å². The SMILES string of the molecule is CCC(CC)(CN)Cc1cccc(F)c1Br. The average molecular weight is 288 g/mol. The van der Waals surface area contributed by atoms with Crippen molar-refractivity contribution < 1.29 is 4.39 Å². The van der Waals surface area contributed by atoms with Crippen LogP contribution in [0.3, 0.4) is 0 Å². The molecule has 0 aliphatic carbocycles. The van der Waals surface area contributed by atoms with Crippen LogP contribution in [0.15, 0.2) is 22.7 Å². The molecule has 0 bridgehead atoms. The predicted molar refractivity (Wildman–Crippen MR) is 69.9 cm³/mol. The zero-order valence-electron chi connectivity index (χ0n) is 9.89. The van der Waals surface area contributed by atoms with Crippen molar-refractivity contribution in [2.24, 2.45) is 11.1 Å². The van der Waals surface area contributed by atoms with Gasteiger partial charge in [-0.1, -0.05) is 26.0 Å². The monoisotopic (exact) mass is 287 g/mol. The van der Waals surface area contributed by atoms with Crippen molar-refractivity contribution in [3.63, 3.8) is 0 Å². The van der Waals surface area contributed by atoms with E-state index in [1.807, 2.05) is 6.07 Å². The highest BCUT2D eigenvalue weighted by Gasteiger charge is 2.25. The van der Waals surface area contributed by atoms with Gasteiger partial charge in [-0.25, -0.2) is 4.39 Å². The van der Waals surface area contributed by atoms with Gasteiger partial charge in [-0.15, -0.1) is 0 Å². The number of rotatable bonds is 5. The third kappa shape index (κ3) is 2.83. The minimum atomic E-state index is -0.198. The lowest BCUT2D eigenvalue weighted by atomic mass is 9.77. The fraction of sp³-hybridized carbons (Fsp3) is 0.538. The lowest BCUT2D eigenvalue weighted by molar-refractivity contribution is 0.270. The molecular weight excluding hydrogens is 269 g/mol. The van der Waals surface area contributed by atoms with E-state index in [0.29, 0.717) is 11.0 Å². The molecule has 0 atom stereocenters. The zero-order chi connectivity index (χ0) is 12.2. The van der Waals surface area contributed by atoms with Crippen LogP contribution in [-0.4, -0.2) is 6.54 Å². The van der Waals surface area contributed by atoms with Crippen molar-refractivity contribution in [1.82, 2.24) is 0 Å². The van der Waals surface area contributed by atoms with Gasteiger partial charge in [0.2, 0.25) is 0 Å². The Balaban J connectivity index is 2.98. The molecule has 0 fully saturated rings. The Kier molecular flexibility index (Phi) is 4.93. The fourth-order valence-corrected chi connectivity index (χ4v) is 2.35. The van der Waals surface area contributed by atoms with E-state index in [0.717, 1.165) is 24.8 Å². The summed E-state index contributed by atoms with van der Waals surface area (Å²) < 4.78 is 14.0. The molecule has 90 valence electrons. The summed E-state index contributed by atoms with van der Waals surface area (Å²) in [5, 5.41) is 0. The van der Waals surface area contributed by atoms with Crippen molar-refractivity contribution in [3.8, 4) is 0 Å². The summed E-state index contributed by atoms with van der Waals surface area (Å²) in [6.45, 7) is 4.93. The molecule has 1 aromatic carbocycles. The average Bonchev–Trinajstić information content (AvgIpc) is 2.32. The van der Waals surface area contributed by atoms with Crippen LogP contribution in [-0.2, 0) is 6.42 Å². The van der Waals surface area contributed by atoms with Crippen molar-refractivity contribution in [2.45, 2.75) is 33.1 Å². The summed E-state index contributed by atoms with van der Waals surface area (Å²) in [5.74, 6) is -0.198. The molecular formula is C13H19BrFN. The number of hydrogen-bond donors (Lipinski definition) is 1. The topological polar surface area (TPSA) is 26.0 Å². The van der Waals surface area contributed by atoms with Crippen LogP contribution in [0.25, 0.3) is 0 Å². The zero-order valence-corrected chi connectivity index (χ0v) is 11.5. The molecule has 0 radical (unpaired) electrons. The minimum Gasteiger partial charge on any atom is -0.330 e. The smallest absolute Gasteiger partial charge is 0.137 e. The third-order valence-corrected chi connectivity index (χ3v) is 4.42. The van der Waals surface area contributed by atoms with Crippen LogP contribution in [0.2, 0.25) is 0 Å². The van der Waals surface area contributed by atoms with Crippen molar-refractivity contribution >= 4 is 15.9 Å². The molecule has 0 amide bonds. The summed E-state index contributed by atoms with van der Waals surface area (Å²) in [5.41, 5.74) is 6.96. The molecule has 3 heteroatoms. The second-order valence-electron chi connectivity index (χ2n) is 4.30. The maximum absolute atomic E-state index is 13.4. The number of nitrogens with two attached hydrogens (primary N) is 1. The Hall–Kier alpha value is -0.410. The first-order valence-corrected chi connectivity index (χ1v) is 6.51. The summed E-state index contributed by atoms with van der Waals surface area (Å²) in [6, 6.07) is 5.18. The van der Waals surface area contributed by atoms with E-state index in [1.165, 1.54) is 6.07 Å².